The van der Waals surface area contributed by atoms with Crippen molar-refractivity contribution in [2.75, 3.05) is 0 Å². The van der Waals surface area contributed by atoms with E-state index in [1.807, 2.05) is 12.1 Å². The molecule has 0 spiro atoms. The molecule has 0 fully saturated rings. The van der Waals surface area contributed by atoms with Crippen molar-refractivity contribution in [2.24, 2.45) is 0 Å². The molecular weight excluding hydrogens is 592 g/mol. The molecule has 3 aromatic carbocycles. The third kappa shape index (κ3) is 8.52. The van der Waals surface area contributed by atoms with E-state index < -0.39 is 0 Å². The fourth-order valence-electron chi connectivity index (χ4n) is 3.65. The highest BCUT2D eigenvalue weighted by Gasteiger charge is 2.09. The van der Waals surface area contributed by atoms with Crippen LogP contribution >= 0.6 is 0 Å². The van der Waals surface area contributed by atoms with Crippen molar-refractivity contribution in [1.29, 1.82) is 0 Å². The lowest BCUT2D eigenvalue weighted by molar-refractivity contribution is -0.688. The minimum atomic E-state index is 0. The molecule has 0 bridgehead atoms. The molecule has 0 aliphatic rings. The van der Waals surface area contributed by atoms with E-state index in [2.05, 4.69) is 129 Å². The zero-order valence-electron chi connectivity index (χ0n) is 19.5. The van der Waals surface area contributed by atoms with E-state index in [0.29, 0.717) is 0 Å². The van der Waals surface area contributed by atoms with Crippen molar-refractivity contribution in [2.45, 2.75) is 13.1 Å². The summed E-state index contributed by atoms with van der Waals surface area (Å²) in [7, 11) is 0. The molecule has 194 valence electrons. The van der Waals surface area contributed by atoms with E-state index >= 15 is 0 Å². The quantitative estimate of drug-likeness (QED) is 0.167. The molecule has 36 heavy (non-hydrogen) atoms. The SMILES string of the molecule is O.O.O.O.[Br-].[Br-].c1ccc(-n2cc[n+](Cc3ccc(C[n+]4ccn(-c5ccccc5)c4)cc3)c2)cc1. The van der Waals surface area contributed by atoms with Gasteiger partial charge in [-0.25, -0.2) is 18.3 Å². The molecule has 0 saturated carbocycles. The van der Waals surface area contributed by atoms with Crippen LogP contribution in [0.5, 0.6) is 0 Å². The maximum absolute atomic E-state index is 2.22. The van der Waals surface area contributed by atoms with Gasteiger partial charge in [0, 0.05) is 0 Å². The zero-order valence-corrected chi connectivity index (χ0v) is 22.7. The van der Waals surface area contributed by atoms with Crippen LogP contribution in [0, 0.1) is 0 Å². The monoisotopic (exact) mass is 622 g/mol. The number of hydrogen-bond acceptors (Lipinski definition) is 0. The van der Waals surface area contributed by atoms with Gasteiger partial charge in [0.15, 0.2) is 0 Å². The van der Waals surface area contributed by atoms with E-state index in [1.54, 1.807) is 0 Å². The van der Waals surface area contributed by atoms with Gasteiger partial charge < -0.3 is 55.9 Å². The smallest absolute Gasteiger partial charge is 0.249 e. The van der Waals surface area contributed by atoms with E-state index in [-0.39, 0.29) is 55.9 Å². The maximum Gasteiger partial charge on any atom is 0.249 e. The van der Waals surface area contributed by atoms with Crippen molar-refractivity contribution in [3.63, 3.8) is 0 Å². The van der Waals surface area contributed by atoms with Crippen molar-refractivity contribution in [1.82, 2.24) is 9.13 Å². The number of hydrogen-bond donors (Lipinski definition) is 0. The van der Waals surface area contributed by atoms with Crippen LogP contribution in [0.1, 0.15) is 11.1 Å². The second-order valence-electron chi connectivity index (χ2n) is 7.47. The Hall–Kier alpha value is -3.12. The van der Waals surface area contributed by atoms with Crippen LogP contribution in [0.2, 0.25) is 0 Å². The van der Waals surface area contributed by atoms with Gasteiger partial charge >= 0.3 is 0 Å². The number of rotatable bonds is 6. The molecule has 0 saturated heterocycles. The summed E-state index contributed by atoms with van der Waals surface area (Å²) in [6.45, 7) is 1.72. The molecule has 5 rings (SSSR count). The van der Waals surface area contributed by atoms with Crippen LogP contribution in [0.15, 0.2) is 122 Å². The lowest BCUT2D eigenvalue weighted by Crippen LogP contribution is -3.00. The van der Waals surface area contributed by atoms with Crippen molar-refractivity contribution in [3.05, 3.63) is 133 Å². The average molecular weight is 624 g/mol. The van der Waals surface area contributed by atoms with Crippen LogP contribution in [0.4, 0.5) is 0 Å². The van der Waals surface area contributed by atoms with E-state index in [9.17, 15) is 0 Å². The number of aromatic nitrogens is 4. The largest absolute Gasteiger partial charge is 1.00 e. The fourth-order valence-corrected chi connectivity index (χ4v) is 3.65. The van der Waals surface area contributed by atoms with E-state index in [0.717, 1.165) is 13.1 Å². The lowest BCUT2D eigenvalue weighted by atomic mass is 10.1. The molecule has 8 N–H and O–H groups in total. The molecule has 0 aliphatic heterocycles. The van der Waals surface area contributed by atoms with Crippen LogP contribution in [0.25, 0.3) is 11.4 Å². The van der Waals surface area contributed by atoms with Crippen LogP contribution in [0.3, 0.4) is 0 Å². The van der Waals surface area contributed by atoms with Gasteiger partial charge in [-0.1, -0.05) is 60.7 Å². The first-order valence-electron chi connectivity index (χ1n) is 10.2. The first-order chi connectivity index (χ1) is 14.8. The number of halogens is 2. The lowest BCUT2D eigenvalue weighted by Gasteiger charge is -2.01. The summed E-state index contributed by atoms with van der Waals surface area (Å²) in [5, 5.41) is 0. The fraction of sp³-hybridized carbons (Fsp3) is 0.0769. The predicted molar refractivity (Wildman–Crippen MR) is 131 cm³/mol. The van der Waals surface area contributed by atoms with Crippen molar-refractivity contribution < 1.29 is 65.0 Å². The molecule has 5 aromatic rings. The second-order valence-corrected chi connectivity index (χ2v) is 7.47. The maximum atomic E-state index is 2.22. The average Bonchev–Trinajstić information content (AvgIpc) is 3.46. The summed E-state index contributed by atoms with van der Waals surface area (Å²) in [4.78, 5) is 0. The Labute approximate surface area is 231 Å². The highest BCUT2D eigenvalue weighted by Crippen LogP contribution is 2.08. The van der Waals surface area contributed by atoms with Gasteiger partial charge in [0.2, 0.25) is 12.7 Å². The third-order valence-corrected chi connectivity index (χ3v) is 5.24. The minimum absolute atomic E-state index is 0. The zero-order chi connectivity index (χ0) is 20.2. The molecule has 0 radical (unpaired) electrons. The summed E-state index contributed by atoms with van der Waals surface area (Å²) >= 11 is 0. The van der Waals surface area contributed by atoms with Gasteiger partial charge in [0.05, 0.1) is 0 Å². The standard InChI is InChI=1S/C26H24N4.2BrH.4H2O/c1-3-7-25(8-4-1)29-17-15-27(21-29)19-23-11-13-24(14-12-23)20-28-16-18-30(22-28)26-9-5-2-6-10-26;;;;;;/h1-18,21-22H,19-20H2;2*1H;4*1H2/q+2;;;;;;/p-2. The van der Waals surface area contributed by atoms with Crippen LogP contribution < -0.4 is 43.1 Å². The van der Waals surface area contributed by atoms with Gasteiger partial charge in [-0.15, -0.1) is 0 Å². The molecule has 2 heterocycles. The van der Waals surface area contributed by atoms with Gasteiger partial charge in [-0.05, 0) is 35.4 Å². The number of nitrogens with zero attached hydrogens (tertiary/aromatic N) is 4. The van der Waals surface area contributed by atoms with Gasteiger partial charge in [0.25, 0.3) is 0 Å². The predicted octanol–water partition coefficient (Wildman–Crippen LogP) is -5.35. The van der Waals surface area contributed by atoms with Gasteiger partial charge in [0.1, 0.15) is 49.3 Å². The number of imidazole rings is 2. The number of benzene rings is 3. The molecule has 0 atom stereocenters. The Bertz CT molecular complexity index is 1150. The normalized spacial score (nSPS) is 9.11. The third-order valence-electron chi connectivity index (χ3n) is 5.24. The van der Waals surface area contributed by atoms with Crippen molar-refractivity contribution in [3.8, 4) is 11.4 Å². The van der Waals surface area contributed by atoms with E-state index in [1.165, 1.54) is 22.5 Å². The van der Waals surface area contributed by atoms with Gasteiger partial charge in [-0.3, -0.25) is 0 Å². The summed E-state index contributed by atoms with van der Waals surface area (Å²) in [6, 6.07) is 29.6. The Morgan fingerprint density at radius 1 is 0.472 bits per heavy atom. The Morgan fingerprint density at radius 3 is 1.14 bits per heavy atom. The molecular formula is C26H32Br2N4O4. The molecule has 0 aliphatic carbocycles. The molecule has 0 amide bonds. The second kappa shape index (κ2) is 16.5. The Balaban J connectivity index is 0. The molecule has 8 nitrogen and oxygen atoms in total. The molecule has 0 unspecified atom stereocenters. The highest BCUT2D eigenvalue weighted by atomic mass is 79.9. The van der Waals surface area contributed by atoms with Crippen LogP contribution in [-0.4, -0.2) is 31.0 Å². The Morgan fingerprint density at radius 2 is 0.806 bits per heavy atom. The topological polar surface area (TPSA) is 144 Å². The summed E-state index contributed by atoms with van der Waals surface area (Å²) in [5.41, 5.74) is 4.93. The van der Waals surface area contributed by atoms with Crippen LogP contribution in [-0.2, 0) is 13.1 Å². The molecule has 2 aromatic heterocycles. The summed E-state index contributed by atoms with van der Waals surface area (Å²) in [5.74, 6) is 0. The first-order valence-corrected chi connectivity index (χ1v) is 10.2. The number of para-hydroxylation sites is 2. The first kappa shape index (κ1) is 35.0. The Kier molecular flexibility index (Phi) is 16.1. The van der Waals surface area contributed by atoms with E-state index in [4.69, 9.17) is 0 Å². The summed E-state index contributed by atoms with van der Waals surface area (Å²) < 4.78 is 8.69. The summed E-state index contributed by atoms with van der Waals surface area (Å²) in [6.07, 6.45) is 12.7. The molecule has 10 heteroatoms. The highest BCUT2D eigenvalue weighted by molar-refractivity contribution is 5.31. The van der Waals surface area contributed by atoms with Crippen molar-refractivity contribution >= 4 is 0 Å². The minimum Gasteiger partial charge on any atom is -1.00 e. The van der Waals surface area contributed by atoms with Gasteiger partial charge in [-0.2, -0.15) is 0 Å².